The van der Waals surface area contributed by atoms with Crippen molar-refractivity contribution in [2.75, 3.05) is 13.6 Å². The fourth-order valence-corrected chi connectivity index (χ4v) is 5.00. The monoisotopic (exact) mass is 399 g/mol. The number of benzene rings is 1. The molecule has 0 radical (unpaired) electrons. The maximum Gasteiger partial charge on any atom is 0.183 e. The van der Waals surface area contributed by atoms with Crippen LogP contribution in [0.4, 0.5) is 0 Å². The van der Waals surface area contributed by atoms with Crippen molar-refractivity contribution in [3.05, 3.63) is 45.5 Å². The second kappa shape index (κ2) is 5.34. The van der Waals surface area contributed by atoms with Crippen LogP contribution in [0.5, 0.6) is 0 Å². The lowest BCUT2D eigenvalue weighted by Crippen LogP contribution is -2.25. The van der Waals surface area contributed by atoms with Crippen LogP contribution in [0.2, 0.25) is 0 Å². The van der Waals surface area contributed by atoms with Gasteiger partial charge in [0.15, 0.2) is 11.5 Å². The van der Waals surface area contributed by atoms with Gasteiger partial charge in [0, 0.05) is 28.0 Å². The first-order valence-electron chi connectivity index (χ1n) is 7.80. The van der Waals surface area contributed by atoms with Gasteiger partial charge in [-0.25, -0.2) is 14.5 Å². The molecule has 0 atom stereocenters. The second-order valence-electron chi connectivity index (χ2n) is 6.10. The second-order valence-corrected chi connectivity index (χ2v) is 8.04. The summed E-state index contributed by atoms with van der Waals surface area (Å²) in [6, 6.07) is 8.04. The minimum atomic E-state index is 0.727. The zero-order valence-corrected chi connectivity index (χ0v) is 15.4. The number of fused-ring (bicyclic) bond motifs is 5. The van der Waals surface area contributed by atoms with E-state index in [4.69, 9.17) is 4.98 Å². The Kier molecular flexibility index (Phi) is 3.23. The topological polar surface area (TPSA) is 46.3 Å². The molecule has 0 bridgehead atoms. The highest BCUT2D eigenvalue weighted by molar-refractivity contribution is 9.10. The predicted octanol–water partition coefficient (Wildman–Crippen LogP) is 3.76. The summed E-state index contributed by atoms with van der Waals surface area (Å²) in [5.74, 6) is 0.727. The average molecular weight is 400 g/mol. The largest absolute Gasteiger partial charge is 0.301 e. The third-order valence-corrected chi connectivity index (χ3v) is 6.30. The van der Waals surface area contributed by atoms with Crippen molar-refractivity contribution in [1.82, 2.24) is 24.5 Å². The van der Waals surface area contributed by atoms with E-state index in [-0.39, 0.29) is 0 Å². The van der Waals surface area contributed by atoms with Gasteiger partial charge in [0.2, 0.25) is 0 Å². The lowest BCUT2D eigenvalue weighted by atomic mass is 10.1. The molecular formula is C17H14BrN5S. The molecule has 4 aromatic rings. The molecule has 4 heterocycles. The Hall–Kier alpha value is -1.83. The number of halogens is 1. The molecule has 0 spiro atoms. The Bertz CT molecular complexity index is 1080. The van der Waals surface area contributed by atoms with Crippen molar-refractivity contribution in [1.29, 1.82) is 0 Å². The van der Waals surface area contributed by atoms with Crippen molar-refractivity contribution in [3.8, 4) is 11.4 Å². The highest BCUT2D eigenvalue weighted by Crippen LogP contribution is 2.36. The number of nitrogens with zero attached hydrogens (tertiary/aromatic N) is 5. The van der Waals surface area contributed by atoms with Crippen LogP contribution in [0.15, 0.2) is 35.1 Å². The fraction of sp³-hybridized carbons (Fsp3) is 0.235. The molecule has 1 aliphatic heterocycles. The first-order valence-corrected chi connectivity index (χ1v) is 9.41. The van der Waals surface area contributed by atoms with Crippen LogP contribution in [0.1, 0.15) is 10.4 Å². The summed E-state index contributed by atoms with van der Waals surface area (Å²) in [5.41, 5.74) is 3.31. The third kappa shape index (κ3) is 2.12. The molecule has 1 aliphatic rings. The van der Waals surface area contributed by atoms with Crippen LogP contribution in [0.25, 0.3) is 27.3 Å². The Morgan fingerprint density at radius 2 is 2.12 bits per heavy atom. The molecule has 0 aliphatic carbocycles. The Balaban J connectivity index is 1.78. The number of rotatable bonds is 1. The molecule has 7 heteroatoms. The Labute approximate surface area is 151 Å². The van der Waals surface area contributed by atoms with E-state index >= 15 is 0 Å². The van der Waals surface area contributed by atoms with E-state index in [9.17, 15) is 0 Å². The van der Waals surface area contributed by atoms with Gasteiger partial charge in [0.05, 0.1) is 5.39 Å². The zero-order valence-electron chi connectivity index (χ0n) is 13.0. The van der Waals surface area contributed by atoms with E-state index in [2.05, 4.69) is 38.0 Å². The molecule has 5 rings (SSSR count). The van der Waals surface area contributed by atoms with Gasteiger partial charge in [-0.05, 0) is 31.2 Å². The van der Waals surface area contributed by atoms with E-state index in [0.717, 1.165) is 45.8 Å². The predicted molar refractivity (Wildman–Crippen MR) is 99.3 cm³/mol. The van der Waals surface area contributed by atoms with E-state index in [0.29, 0.717) is 0 Å². The summed E-state index contributed by atoms with van der Waals surface area (Å²) < 4.78 is 2.81. The molecule has 120 valence electrons. The number of thiophene rings is 1. The minimum Gasteiger partial charge on any atom is -0.301 e. The molecule has 0 saturated carbocycles. The minimum absolute atomic E-state index is 0.727. The average Bonchev–Trinajstić information content (AvgIpc) is 3.14. The number of aromatic nitrogens is 4. The molecule has 0 amide bonds. The number of hydrogen-bond donors (Lipinski definition) is 0. The summed E-state index contributed by atoms with van der Waals surface area (Å²) in [7, 11) is 2.17. The maximum atomic E-state index is 4.85. The van der Waals surface area contributed by atoms with Gasteiger partial charge in [0.1, 0.15) is 11.2 Å². The summed E-state index contributed by atoms with van der Waals surface area (Å²) in [5, 5.41) is 5.82. The lowest BCUT2D eigenvalue weighted by Gasteiger charge is -2.21. The molecule has 24 heavy (non-hydrogen) atoms. The van der Waals surface area contributed by atoms with Gasteiger partial charge in [-0.15, -0.1) is 16.4 Å². The van der Waals surface area contributed by atoms with Gasteiger partial charge < -0.3 is 4.90 Å². The van der Waals surface area contributed by atoms with Crippen LogP contribution < -0.4 is 0 Å². The normalized spacial score (nSPS) is 15.2. The summed E-state index contributed by atoms with van der Waals surface area (Å²) in [6.07, 6.45) is 2.82. The van der Waals surface area contributed by atoms with Crippen LogP contribution in [-0.4, -0.2) is 38.1 Å². The third-order valence-electron chi connectivity index (χ3n) is 4.48. The van der Waals surface area contributed by atoms with Crippen molar-refractivity contribution in [3.63, 3.8) is 0 Å². The quantitative estimate of drug-likeness (QED) is 0.488. The van der Waals surface area contributed by atoms with Crippen LogP contribution >= 0.6 is 27.3 Å². The molecule has 0 saturated heterocycles. The standard InChI is InChI=1S/C17H14BrN5S/c1-22-7-6-11-13(8-22)24-17-14(11)16-20-15(21-23(16)9-19-17)10-4-2-3-5-12(10)18/h2-5,9H,6-8H2,1H3. The first-order chi connectivity index (χ1) is 11.7. The Morgan fingerprint density at radius 1 is 1.25 bits per heavy atom. The van der Waals surface area contributed by atoms with Gasteiger partial charge >= 0.3 is 0 Å². The number of likely N-dealkylation sites (N-methyl/N-ethyl adjacent to an activating group) is 1. The van der Waals surface area contributed by atoms with E-state index < -0.39 is 0 Å². The van der Waals surface area contributed by atoms with Crippen LogP contribution in [0.3, 0.4) is 0 Å². The maximum absolute atomic E-state index is 4.85. The molecule has 0 N–H and O–H groups in total. The molecule has 0 fully saturated rings. The molecular weight excluding hydrogens is 386 g/mol. The summed E-state index contributed by atoms with van der Waals surface area (Å²) in [4.78, 5) is 14.3. The fourth-order valence-electron chi connectivity index (χ4n) is 3.28. The highest BCUT2D eigenvalue weighted by Gasteiger charge is 2.23. The zero-order chi connectivity index (χ0) is 16.3. The first kappa shape index (κ1) is 14.5. The molecule has 1 aromatic carbocycles. The van der Waals surface area contributed by atoms with Crippen LogP contribution in [-0.2, 0) is 13.0 Å². The lowest BCUT2D eigenvalue weighted by molar-refractivity contribution is 0.318. The van der Waals surface area contributed by atoms with Crippen molar-refractivity contribution in [2.45, 2.75) is 13.0 Å². The van der Waals surface area contributed by atoms with E-state index in [1.54, 1.807) is 17.7 Å². The summed E-state index contributed by atoms with van der Waals surface area (Å²) >= 11 is 5.37. The molecule has 0 unspecified atom stereocenters. The van der Waals surface area contributed by atoms with Gasteiger partial charge in [0.25, 0.3) is 0 Å². The smallest absolute Gasteiger partial charge is 0.183 e. The highest BCUT2D eigenvalue weighted by atomic mass is 79.9. The molecule has 5 nitrogen and oxygen atoms in total. The number of hydrogen-bond acceptors (Lipinski definition) is 5. The van der Waals surface area contributed by atoms with E-state index in [1.807, 2.05) is 28.8 Å². The Morgan fingerprint density at radius 3 is 3.00 bits per heavy atom. The van der Waals surface area contributed by atoms with E-state index in [1.165, 1.54) is 15.8 Å². The molecule has 3 aromatic heterocycles. The van der Waals surface area contributed by atoms with Gasteiger partial charge in [-0.3, -0.25) is 0 Å². The van der Waals surface area contributed by atoms with Crippen molar-refractivity contribution >= 4 is 43.1 Å². The van der Waals surface area contributed by atoms with Gasteiger partial charge in [-0.2, -0.15) is 0 Å². The van der Waals surface area contributed by atoms with Gasteiger partial charge in [-0.1, -0.05) is 28.1 Å². The van der Waals surface area contributed by atoms with Crippen molar-refractivity contribution in [2.24, 2.45) is 0 Å². The SMILES string of the molecule is CN1CCc2c(sc3ncn4nc(-c5ccccc5Br)nc4c23)C1. The van der Waals surface area contributed by atoms with Crippen LogP contribution in [0, 0.1) is 0 Å². The van der Waals surface area contributed by atoms with Crippen molar-refractivity contribution < 1.29 is 0 Å². The summed E-state index contributed by atoms with van der Waals surface area (Å²) in [6.45, 7) is 2.07.